The van der Waals surface area contributed by atoms with Gasteiger partial charge in [0.25, 0.3) is 6.71 Å². The highest BCUT2D eigenvalue weighted by molar-refractivity contribution is 7.00. The summed E-state index contributed by atoms with van der Waals surface area (Å²) in [6.07, 6.45) is 10.0. The predicted molar refractivity (Wildman–Crippen MR) is 239 cm³/mol. The van der Waals surface area contributed by atoms with Crippen LogP contribution in [0.1, 0.15) is 128 Å². The Bertz CT molecular complexity index is 2770. The van der Waals surface area contributed by atoms with Crippen molar-refractivity contribution < 1.29 is 0 Å². The van der Waals surface area contributed by atoms with Crippen LogP contribution < -0.4 is 26.2 Å². The van der Waals surface area contributed by atoms with Gasteiger partial charge in [0, 0.05) is 55.6 Å². The maximum atomic E-state index is 2.95. The molecule has 2 fully saturated rings. The molecule has 4 unspecified atom stereocenters. The van der Waals surface area contributed by atoms with Crippen LogP contribution in [0.3, 0.4) is 0 Å². The Morgan fingerprint density at radius 2 is 1.29 bits per heavy atom. The van der Waals surface area contributed by atoms with Gasteiger partial charge in [-0.2, -0.15) is 0 Å². The summed E-state index contributed by atoms with van der Waals surface area (Å²) in [5, 5.41) is 2.73. The number of para-hydroxylation sites is 2. The van der Waals surface area contributed by atoms with Gasteiger partial charge in [-0.1, -0.05) is 120 Å². The van der Waals surface area contributed by atoms with Crippen molar-refractivity contribution in [2.24, 2.45) is 0 Å². The smallest absolute Gasteiger partial charge is 0.252 e. The second kappa shape index (κ2) is 10.3. The summed E-state index contributed by atoms with van der Waals surface area (Å²) >= 11 is 0. The molecular formula is C52H56BN3. The van der Waals surface area contributed by atoms with E-state index in [1.54, 1.807) is 22.3 Å². The molecule has 6 aromatic rings. The minimum Gasteiger partial charge on any atom is -0.335 e. The van der Waals surface area contributed by atoms with Crippen molar-refractivity contribution in [1.29, 1.82) is 0 Å². The Morgan fingerprint density at radius 1 is 0.607 bits per heavy atom. The van der Waals surface area contributed by atoms with E-state index in [-0.39, 0.29) is 34.0 Å². The van der Waals surface area contributed by atoms with Crippen molar-refractivity contribution in [2.75, 3.05) is 9.80 Å². The minimum absolute atomic E-state index is 0.0168. The molecule has 0 amide bonds. The second-order valence-electron chi connectivity index (χ2n) is 20.9. The number of aryl methyl sites for hydroxylation is 2. The Balaban J connectivity index is 1.24. The molecule has 2 saturated carbocycles. The highest BCUT2D eigenvalue weighted by Crippen LogP contribution is 2.65. The van der Waals surface area contributed by atoms with Crippen LogP contribution in [0.15, 0.2) is 78.9 Å². The first-order valence-corrected chi connectivity index (χ1v) is 21.8. The maximum absolute atomic E-state index is 2.95. The van der Waals surface area contributed by atoms with Crippen molar-refractivity contribution in [3.8, 4) is 5.69 Å². The lowest BCUT2D eigenvalue weighted by atomic mass is 9.33. The Morgan fingerprint density at radius 3 is 2.05 bits per heavy atom. The zero-order valence-electron chi connectivity index (χ0n) is 35.1. The molecule has 6 aliphatic rings. The van der Waals surface area contributed by atoms with Crippen LogP contribution in [0, 0.1) is 13.8 Å². The van der Waals surface area contributed by atoms with E-state index in [4.69, 9.17) is 0 Å². The summed E-state index contributed by atoms with van der Waals surface area (Å²) < 4.78 is 2.69. The zero-order valence-corrected chi connectivity index (χ0v) is 35.1. The van der Waals surface area contributed by atoms with E-state index in [1.807, 2.05) is 0 Å². The second-order valence-corrected chi connectivity index (χ2v) is 20.9. The third-order valence-corrected chi connectivity index (χ3v) is 17.2. The maximum Gasteiger partial charge on any atom is 0.252 e. The highest BCUT2D eigenvalue weighted by atomic mass is 15.3. The Kier molecular flexibility index (Phi) is 6.22. The van der Waals surface area contributed by atoms with Gasteiger partial charge in [0.15, 0.2) is 0 Å². The summed E-state index contributed by atoms with van der Waals surface area (Å²) in [6.45, 7) is 22.6. The molecule has 282 valence electrons. The monoisotopic (exact) mass is 733 g/mol. The number of hydrogen-bond acceptors (Lipinski definition) is 2. The van der Waals surface area contributed by atoms with Gasteiger partial charge in [0.2, 0.25) is 0 Å². The van der Waals surface area contributed by atoms with Gasteiger partial charge in [-0.3, -0.25) is 0 Å². The van der Waals surface area contributed by atoms with Crippen LogP contribution in [0.5, 0.6) is 0 Å². The quantitative estimate of drug-likeness (QED) is 0.156. The summed E-state index contributed by atoms with van der Waals surface area (Å²) in [7, 11) is 0. The fourth-order valence-electron chi connectivity index (χ4n) is 14.1. The fraction of sp³-hybridized carbons (Fsp3) is 0.423. The van der Waals surface area contributed by atoms with Crippen LogP contribution >= 0.6 is 0 Å². The van der Waals surface area contributed by atoms with Gasteiger partial charge in [0.1, 0.15) is 0 Å². The van der Waals surface area contributed by atoms with E-state index >= 15 is 0 Å². The third-order valence-electron chi connectivity index (χ3n) is 17.2. The average molecular weight is 734 g/mol. The van der Waals surface area contributed by atoms with E-state index in [0.29, 0.717) is 0 Å². The van der Waals surface area contributed by atoms with Crippen LogP contribution in [0.25, 0.3) is 27.5 Å². The molecular weight excluding hydrogens is 677 g/mol. The minimum atomic E-state index is -0.0374. The molecule has 4 atom stereocenters. The van der Waals surface area contributed by atoms with Crippen molar-refractivity contribution in [1.82, 2.24) is 4.57 Å². The van der Waals surface area contributed by atoms with Gasteiger partial charge < -0.3 is 14.4 Å². The number of rotatable bonds is 1. The van der Waals surface area contributed by atoms with Gasteiger partial charge in [-0.25, -0.2) is 0 Å². The predicted octanol–water partition coefficient (Wildman–Crippen LogP) is 11.3. The molecule has 0 radical (unpaired) electrons. The lowest BCUT2D eigenvalue weighted by molar-refractivity contribution is 0.193. The zero-order chi connectivity index (χ0) is 38.5. The first-order valence-electron chi connectivity index (χ1n) is 21.8. The normalized spacial score (nSPS) is 28.1. The molecule has 4 heteroatoms. The molecule has 0 bridgehead atoms. The van der Waals surface area contributed by atoms with E-state index in [0.717, 1.165) is 0 Å². The summed E-state index contributed by atoms with van der Waals surface area (Å²) in [5.41, 5.74) is 22.2. The molecule has 12 rings (SSSR count). The number of aromatic nitrogens is 1. The summed E-state index contributed by atoms with van der Waals surface area (Å²) in [4.78, 5) is 5.81. The molecule has 4 aliphatic heterocycles. The molecule has 2 aliphatic carbocycles. The first kappa shape index (κ1) is 33.7. The molecule has 0 spiro atoms. The lowest BCUT2D eigenvalue weighted by Crippen LogP contribution is -2.64. The van der Waals surface area contributed by atoms with Crippen molar-refractivity contribution in [2.45, 2.75) is 141 Å². The third kappa shape index (κ3) is 3.63. The fourth-order valence-corrected chi connectivity index (χ4v) is 14.1. The molecule has 1 aromatic heterocycles. The molecule has 3 nitrogen and oxygen atoms in total. The molecule has 5 aromatic carbocycles. The molecule has 56 heavy (non-hydrogen) atoms. The Hall–Kier alpha value is -4.44. The van der Waals surface area contributed by atoms with Crippen LogP contribution in [0.2, 0.25) is 0 Å². The molecule has 0 saturated heterocycles. The molecule has 0 N–H and O–H groups in total. The number of fused-ring (bicyclic) bond motifs is 13. The van der Waals surface area contributed by atoms with Gasteiger partial charge in [0.05, 0.1) is 16.6 Å². The standard InChI is InChI=1S/C52H56BN3/c1-31-27-32(2)44-47-43(31)50(7)24-13-15-26-52(50,9)56(47)42-30-34(55-40-22-21-33(48(3,4)5)28-37(40)49(6)23-12-14-25-51(49,55)8)29-41-45(42)53(44)38-19-16-18-36-35-17-10-11-20-39(35)54(41)46(36)38/h10-11,16-22,27-30H,12-15,23-26H2,1-9H3. The van der Waals surface area contributed by atoms with Crippen LogP contribution in [-0.2, 0) is 16.2 Å². The van der Waals surface area contributed by atoms with E-state index in [2.05, 4.69) is 156 Å². The SMILES string of the molecule is Cc1cc(C)c2c3c1B1c4c(cc(N5c6ccc(C(C)(C)C)cc6C6(C)CCCCC56C)cc4-n4c5ccccc5c5cccc1c54)N3C1(C)CCCCC21C. The topological polar surface area (TPSA) is 11.4 Å². The number of benzene rings is 5. The van der Waals surface area contributed by atoms with Crippen LogP contribution in [-0.4, -0.2) is 22.4 Å². The van der Waals surface area contributed by atoms with E-state index in [9.17, 15) is 0 Å². The van der Waals surface area contributed by atoms with Gasteiger partial charge in [-0.05, 0) is 122 Å². The summed E-state index contributed by atoms with van der Waals surface area (Å²) in [5.74, 6) is 0. The van der Waals surface area contributed by atoms with Crippen molar-refractivity contribution in [3.63, 3.8) is 0 Å². The van der Waals surface area contributed by atoms with Crippen LogP contribution in [0.4, 0.5) is 22.7 Å². The van der Waals surface area contributed by atoms with Crippen molar-refractivity contribution >= 4 is 67.7 Å². The highest BCUT2D eigenvalue weighted by Gasteiger charge is 2.63. The Labute approximate surface area is 334 Å². The number of hydrogen-bond donors (Lipinski definition) is 0. The number of anilines is 4. The number of nitrogens with zero attached hydrogens (tertiary/aromatic N) is 3. The van der Waals surface area contributed by atoms with Gasteiger partial charge >= 0.3 is 0 Å². The largest absolute Gasteiger partial charge is 0.335 e. The average Bonchev–Trinajstić information content (AvgIpc) is 3.69. The van der Waals surface area contributed by atoms with Crippen molar-refractivity contribution in [3.05, 3.63) is 107 Å². The van der Waals surface area contributed by atoms with Gasteiger partial charge in [-0.15, -0.1) is 0 Å². The molecule has 5 heterocycles. The summed E-state index contributed by atoms with van der Waals surface area (Å²) in [6, 6.07) is 31.8. The lowest BCUT2D eigenvalue weighted by Gasteiger charge is -2.53. The first-order chi connectivity index (χ1) is 26.7. The van der Waals surface area contributed by atoms with E-state index < -0.39 is 0 Å². The van der Waals surface area contributed by atoms with E-state index in [1.165, 1.54) is 124 Å².